The highest BCUT2D eigenvalue weighted by Crippen LogP contribution is 2.27. The zero-order valence-electron chi connectivity index (χ0n) is 17.4. The number of ether oxygens (including phenoxy) is 1. The van der Waals surface area contributed by atoms with Crippen LogP contribution in [0, 0.1) is 0 Å². The maximum Gasteiger partial charge on any atom is 0.330 e. The first-order valence-electron chi connectivity index (χ1n) is 9.90. The summed E-state index contributed by atoms with van der Waals surface area (Å²) in [5.41, 5.74) is 5.89. The number of aromatic nitrogens is 4. The third-order valence-corrected chi connectivity index (χ3v) is 5.06. The Bertz CT molecular complexity index is 1140. The summed E-state index contributed by atoms with van der Waals surface area (Å²) in [5.74, 6) is 0.613. The van der Waals surface area contributed by atoms with E-state index in [2.05, 4.69) is 15.2 Å². The number of methoxy groups -OCH3 is 1. The monoisotopic (exact) mass is 448 g/mol. The van der Waals surface area contributed by atoms with Gasteiger partial charge in [-0.05, 0) is 18.6 Å². The molecule has 0 saturated heterocycles. The van der Waals surface area contributed by atoms with Crippen molar-refractivity contribution in [2.45, 2.75) is 32.9 Å². The highest BCUT2D eigenvalue weighted by atomic mass is 35.5. The number of anilines is 2. The van der Waals surface area contributed by atoms with Crippen LogP contribution in [-0.4, -0.2) is 40.0 Å². The average Bonchev–Trinajstić information content (AvgIpc) is 3.20. The molecular weight excluding hydrogens is 424 g/mol. The van der Waals surface area contributed by atoms with E-state index >= 15 is 0 Å². The zero-order chi connectivity index (χ0) is 22.4. The summed E-state index contributed by atoms with van der Waals surface area (Å²) in [7, 11) is 1.55. The predicted molar refractivity (Wildman–Crippen MR) is 118 cm³/mol. The van der Waals surface area contributed by atoms with Crippen LogP contribution in [0.3, 0.4) is 0 Å². The second-order valence-electron chi connectivity index (χ2n) is 6.89. The molecule has 0 fully saturated rings. The molecule has 2 aromatic heterocycles. The van der Waals surface area contributed by atoms with Crippen molar-refractivity contribution in [3.63, 3.8) is 0 Å². The third-order valence-electron chi connectivity index (χ3n) is 4.73. The third kappa shape index (κ3) is 5.15. The Morgan fingerprint density at radius 1 is 1.29 bits per heavy atom. The molecule has 3 aromatic rings. The lowest BCUT2D eigenvalue weighted by atomic mass is 10.2. The van der Waals surface area contributed by atoms with Crippen molar-refractivity contribution in [3.8, 4) is 11.5 Å². The van der Waals surface area contributed by atoms with E-state index in [9.17, 15) is 9.59 Å². The molecular formula is C20H25ClN6O4. The molecule has 0 aliphatic heterocycles. The molecule has 0 saturated carbocycles. The van der Waals surface area contributed by atoms with Crippen LogP contribution in [0.5, 0.6) is 0 Å². The number of H-pyrrole nitrogens is 1. The van der Waals surface area contributed by atoms with E-state index in [0.29, 0.717) is 30.3 Å². The summed E-state index contributed by atoms with van der Waals surface area (Å²) in [4.78, 5) is 28.9. The molecule has 2 heterocycles. The average molecular weight is 449 g/mol. The minimum Gasteiger partial charge on any atom is -0.419 e. The van der Waals surface area contributed by atoms with Gasteiger partial charge in [-0.25, -0.2) is 4.79 Å². The minimum atomic E-state index is -0.586. The fourth-order valence-electron chi connectivity index (χ4n) is 3.12. The van der Waals surface area contributed by atoms with Crippen LogP contribution < -0.4 is 21.9 Å². The number of nitrogens with zero attached hydrogens (tertiary/aromatic N) is 4. The van der Waals surface area contributed by atoms with Gasteiger partial charge in [0.25, 0.3) is 5.56 Å². The van der Waals surface area contributed by atoms with E-state index < -0.39 is 11.2 Å². The van der Waals surface area contributed by atoms with Crippen LogP contribution in [0.25, 0.3) is 11.5 Å². The Balaban J connectivity index is 1.96. The second-order valence-corrected chi connectivity index (χ2v) is 7.30. The minimum absolute atomic E-state index is 0.0872. The van der Waals surface area contributed by atoms with Gasteiger partial charge in [-0.15, -0.1) is 10.2 Å². The van der Waals surface area contributed by atoms with E-state index in [4.69, 9.17) is 26.5 Å². The summed E-state index contributed by atoms with van der Waals surface area (Å²) in [6.07, 6.45) is 1.62. The lowest BCUT2D eigenvalue weighted by Gasteiger charge is -2.24. The van der Waals surface area contributed by atoms with Crippen LogP contribution in [0.2, 0.25) is 5.02 Å². The Labute approximate surface area is 183 Å². The number of hydrogen-bond acceptors (Lipinski definition) is 8. The summed E-state index contributed by atoms with van der Waals surface area (Å²) in [5, 5.41) is 8.62. The van der Waals surface area contributed by atoms with Gasteiger partial charge in [-0.3, -0.25) is 14.3 Å². The first-order chi connectivity index (χ1) is 15.0. The van der Waals surface area contributed by atoms with Gasteiger partial charge in [0.05, 0.1) is 23.7 Å². The molecule has 11 heteroatoms. The smallest absolute Gasteiger partial charge is 0.330 e. The van der Waals surface area contributed by atoms with Gasteiger partial charge in [-0.1, -0.05) is 37.1 Å². The maximum absolute atomic E-state index is 12.6. The lowest BCUT2D eigenvalue weighted by molar-refractivity contribution is 0.204. The number of hydrogen-bond donors (Lipinski definition) is 2. The summed E-state index contributed by atoms with van der Waals surface area (Å²) in [6, 6.07) is 7.12. The van der Waals surface area contributed by atoms with Crippen molar-refractivity contribution in [1.82, 2.24) is 19.7 Å². The number of rotatable bonds is 10. The summed E-state index contributed by atoms with van der Waals surface area (Å²) in [6.45, 7) is 3.14. The number of halogens is 1. The number of unbranched alkanes of at least 4 members (excludes halogenated alkanes) is 1. The molecule has 0 atom stereocenters. The first kappa shape index (κ1) is 22.6. The summed E-state index contributed by atoms with van der Waals surface area (Å²) < 4.78 is 12.3. The fourth-order valence-corrected chi connectivity index (χ4v) is 3.33. The van der Waals surface area contributed by atoms with Crippen LogP contribution in [-0.2, 0) is 17.8 Å². The SMILES string of the molecule is CCCCn1c(N)c(N(CCOC)Cc2nnc(-c3ccccc3Cl)o2)c(=O)[nH]c1=O. The van der Waals surface area contributed by atoms with E-state index in [1.165, 1.54) is 4.57 Å². The van der Waals surface area contributed by atoms with Crippen LogP contribution in [0.15, 0.2) is 38.3 Å². The molecule has 0 aliphatic rings. The maximum atomic E-state index is 12.6. The van der Waals surface area contributed by atoms with Gasteiger partial charge in [0, 0.05) is 20.2 Å². The van der Waals surface area contributed by atoms with Crippen molar-refractivity contribution in [2.75, 3.05) is 30.9 Å². The number of nitrogens with two attached hydrogens (primary N) is 1. The predicted octanol–water partition coefficient (Wildman–Crippen LogP) is 2.28. The Morgan fingerprint density at radius 3 is 2.77 bits per heavy atom. The van der Waals surface area contributed by atoms with Gasteiger partial charge in [0.15, 0.2) is 0 Å². The van der Waals surface area contributed by atoms with Gasteiger partial charge < -0.3 is 19.8 Å². The summed E-state index contributed by atoms with van der Waals surface area (Å²) >= 11 is 6.20. The Morgan fingerprint density at radius 2 is 2.06 bits per heavy atom. The highest BCUT2D eigenvalue weighted by Gasteiger charge is 2.21. The zero-order valence-corrected chi connectivity index (χ0v) is 18.2. The van der Waals surface area contributed by atoms with Gasteiger partial charge in [0.1, 0.15) is 11.5 Å². The van der Waals surface area contributed by atoms with Gasteiger partial charge in [0.2, 0.25) is 11.8 Å². The van der Waals surface area contributed by atoms with Gasteiger partial charge >= 0.3 is 5.69 Å². The molecule has 0 unspecified atom stereocenters. The molecule has 10 nitrogen and oxygen atoms in total. The Hall–Kier alpha value is -3.11. The standard InChI is InChI=1S/C20H25ClN6O4/c1-3-4-9-27-17(22)16(18(28)23-20(27)29)26(10-11-30-2)12-15-24-25-19(31-15)13-7-5-6-8-14(13)21/h5-8H,3-4,9-12,22H2,1-2H3,(H,23,28,29). The second kappa shape index (κ2) is 10.3. The van der Waals surface area contributed by atoms with Crippen molar-refractivity contribution in [1.29, 1.82) is 0 Å². The van der Waals surface area contributed by atoms with E-state index in [-0.39, 0.29) is 29.8 Å². The number of benzene rings is 1. The van der Waals surface area contributed by atoms with E-state index in [1.54, 1.807) is 30.2 Å². The first-order valence-corrected chi connectivity index (χ1v) is 10.3. The van der Waals surface area contributed by atoms with Gasteiger partial charge in [-0.2, -0.15) is 0 Å². The molecule has 0 amide bonds. The van der Waals surface area contributed by atoms with Crippen molar-refractivity contribution < 1.29 is 9.15 Å². The van der Waals surface area contributed by atoms with E-state index in [1.807, 2.05) is 13.0 Å². The van der Waals surface area contributed by atoms with Crippen LogP contribution in [0.1, 0.15) is 25.7 Å². The van der Waals surface area contributed by atoms with E-state index in [0.717, 1.165) is 12.8 Å². The molecule has 0 radical (unpaired) electrons. The number of nitrogens with one attached hydrogen (secondary N) is 1. The normalized spacial score (nSPS) is 11.1. The molecule has 166 valence electrons. The quantitative estimate of drug-likeness (QED) is 0.482. The lowest BCUT2D eigenvalue weighted by Crippen LogP contribution is -2.39. The number of aromatic amines is 1. The molecule has 0 spiro atoms. The topological polar surface area (TPSA) is 132 Å². The molecule has 3 rings (SSSR count). The largest absolute Gasteiger partial charge is 0.419 e. The fraction of sp³-hybridized carbons (Fsp3) is 0.400. The molecule has 3 N–H and O–H groups in total. The van der Waals surface area contributed by atoms with Crippen molar-refractivity contribution >= 4 is 23.1 Å². The van der Waals surface area contributed by atoms with Crippen molar-refractivity contribution in [2.24, 2.45) is 0 Å². The molecule has 31 heavy (non-hydrogen) atoms. The van der Waals surface area contributed by atoms with Crippen molar-refractivity contribution in [3.05, 3.63) is 56.0 Å². The highest BCUT2D eigenvalue weighted by molar-refractivity contribution is 6.33. The molecule has 0 bridgehead atoms. The molecule has 0 aliphatic carbocycles. The van der Waals surface area contributed by atoms with Crippen LogP contribution >= 0.6 is 11.6 Å². The van der Waals surface area contributed by atoms with Crippen LogP contribution in [0.4, 0.5) is 11.5 Å². The Kier molecular flexibility index (Phi) is 7.48. The molecule has 1 aromatic carbocycles. The number of nitrogen functional groups attached to an aromatic ring is 1.